The Balaban J connectivity index is 1.45. The molecule has 3 heterocycles. The van der Waals surface area contributed by atoms with Crippen molar-refractivity contribution < 1.29 is 9.72 Å². The summed E-state index contributed by atoms with van der Waals surface area (Å²) in [5.74, 6) is 0.735. The van der Waals surface area contributed by atoms with Crippen LogP contribution in [0.3, 0.4) is 0 Å². The first-order chi connectivity index (χ1) is 15.9. The Bertz CT molecular complexity index is 1250. The number of non-ortho nitro benzene ring substituents is 1. The van der Waals surface area contributed by atoms with E-state index < -0.39 is 4.92 Å². The number of nitro groups is 1. The second-order valence-corrected chi connectivity index (χ2v) is 7.96. The van der Waals surface area contributed by atoms with Gasteiger partial charge in [0, 0.05) is 30.9 Å². The number of benzene rings is 1. The van der Waals surface area contributed by atoms with Crippen LogP contribution in [-0.4, -0.2) is 43.9 Å². The van der Waals surface area contributed by atoms with Crippen LogP contribution < -0.4 is 10.2 Å². The smallest absolute Gasteiger partial charge is 0.270 e. The van der Waals surface area contributed by atoms with E-state index in [0.29, 0.717) is 24.6 Å². The third-order valence-corrected chi connectivity index (χ3v) is 5.57. The fraction of sp³-hybridized carbons (Fsp3) is 0.318. The van der Waals surface area contributed by atoms with Gasteiger partial charge in [-0.1, -0.05) is 0 Å². The van der Waals surface area contributed by atoms with E-state index in [1.165, 1.54) is 12.1 Å². The number of amides is 1. The topological polar surface area (TPSA) is 143 Å². The molecule has 0 saturated carbocycles. The lowest BCUT2D eigenvalue weighted by molar-refractivity contribution is -0.384. The maximum atomic E-state index is 12.9. The van der Waals surface area contributed by atoms with Crippen LogP contribution in [0.1, 0.15) is 29.8 Å². The Kier molecular flexibility index (Phi) is 5.99. The molecule has 33 heavy (non-hydrogen) atoms. The number of nitro benzene ring substituents is 1. The zero-order valence-electron chi connectivity index (χ0n) is 18.2. The predicted octanol–water partition coefficient (Wildman–Crippen LogP) is 2.91. The van der Waals surface area contributed by atoms with Crippen LogP contribution in [0.5, 0.6) is 0 Å². The standard InChI is InChI=1S/C22H22N8O3/c1-14-10-15(2)29(27-14)21-8-7-20(25-26-21)28-9-3-4-16(13-28)22(31)24-19-6-5-18(30(32)33)11-17(19)12-23/h5-8,10-11,16H,3-4,9,13H2,1-2H3,(H,24,31). The lowest BCUT2D eigenvalue weighted by Gasteiger charge is -2.32. The summed E-state index contributed by atoms with van der Waals surface area (Å²) in [5.41, 5.74) is 1.98. The second kappa shape index (κ2) is 9.04. The van der Waals surface area contributed by atoms with Crippen molar-refractivity contribution in [3.05, 3.63) is 63.5 Å². The van der Waals surface area contributed by atoms with Gasteiger partial charge in [0.25, 0.3) is 5.69 Å². The van der Waals surface area contributed by atoms with Gasteiger partial charge < -0.3 is 10.2 Å². The van der Waals surface area contributed by atoms with E-state index in [2.05, 4.69) is 20.6 Å². The molecule has 1 atom stereocenters. The number of aryl methyl sites for hydroxylation is 2. The Labute approximate surface area is 189 Å². The first kappa shape index (κ1) is 21.9. The molecule has 1 aliphatic rings. The third kappa shape index (κ3) is 4.64. The normalized spacial score (nSPS) is 15.7. The molecule has 1 fully saturated rings. The average molecular weight is 446 g/mol. The third-order valence-electron chi connectivity index (χ3n) is 5.57. The Hall–Kier alpha value is -4.33. The molecular formula is C22H22N8O3. The molecule has 2 aromatic heterocycles. The summed E-state index contributed by atoms with van der Waals surface area (Å²) >= 11 is 0. The highest BCUT2D eigenvalue weighted by molar-refractivity contribution is 5.94. The highest BCUT2D eigenvalue weighted by atomic mass is 16.6. The lowest BCUT2D eigenvalue weighted by atomic mass is 9.97. The summed E-state index contributed by atoms with van der Waals surface area (Å²) < 4.78 is 1.73. The molecule has 0 radical (unpaired) electrons. The number of carbonyl (C=O) groups excluding carboxylic acids is 1. The Morgan fingerprint density at radius 3 is 2.61 bits per heavy atom. The summed E-state index contributed by atoms with van der Waals surface area (Å²) in [6, 6.07) is 11.4. The molecule has 1 aromatic carbocycles. The van der Waals surface area contributed by atoms with E-state index in [1.807, 2.05) is 43.0 Å². The van der Waals surface area contributed by atoms with E-state index in [-0.39, 0.29) is 28.8 Å². The van der Waals surface area contributed by atoms with Crippen molar-refractivity contribution in [1.82, 2.24) is 20.0 Å². The van der Waals surface area contributed by atoms with Gasteiger partial charge in [0.05, 0.1) is 27.8 Å². The first-order valence-electron chi connectivity index (χ1n) is 10.5. The van der Waals surface area contributed by atoms with Crippen molar-refractivity contribution in [2.75, 3.05) is 23.3 Å². The predicted molar refractivity (Wildman–Crippen MR) is 120 cm³/mol. The van der Waals surface area contributed by atoms with E-state index in [4.69, 9.17) is 0 Å². The van der Waals surface area contributed by atoms with Crippen molar-refractivity contribution in [2.45, 2.75) is 26.7 Å². The van der Waals surface area contributed by atoms with E-state index in [1.54, 1.807) is 4.68 Å². The Morgan fingerprint density at radius 2 is 1.97 bits per heavy atom. The van der Waals surface area contributed by atoms with Crippen molar-refractivity contribution in [3.8, 4) is 11.9 Å². The van der Waals surface area contributed by atoms with Crippen LogP contribution in [0, 0.1) is 41.2 Å². The van der Waals surface area contributed by atoms with E-state index in [9.17, 15) is 20.2 Å². The van der Waals surface area contributed by atoms with Crippen molar-refractivity contribution >= 4 is 23.1 Å². The molecule has 11 nitrogen and oxygen atoms in total. The summed E-state index contributed by atoms with van der Waals surface area (Å²) in [6.07, 6.45) is 1.48. The second-order valence-electron chi connectivity index (χ2n) is 7.96. The van der Waals surface area contributed by atoms with Gasteiger partial charge in [-0.05, 0) is 51.0 Å². The molecular weight excluding hydrogens is 424 g/mol. The van der Waals surface area contributed by atoms with Crippen molar-refractivity contribution in [2.24, 2.45) is 5.92 Å². The summed E-state index contributed by atoms with van der Waals surface area (Å²) in [7, 11) is 0. The summed E-state index contributed by atoms with van der Waals surface area (Å²) in [5, 5.41) is 36.0. The molecule has 1 saturated heterocycles. The molecule has 1 aliphatic heterocycles. The molecule has 1 amide bonds. The van der Waals surface area contributed by atoms with Gasteiger partial charge >= 0.3 is 0 Å². The number of carbonyl (C=O) groups is 1. The van der Waals surface area contributed by atoms with Gasteiger partial charge in [-0.2, -0.15) is 10.4 Å². The highest BCUT2D eigenvalue weighted by Crippen LogP contribution is 2.25. The molecule has 11 heteroatoms. The van der Waals surface area contributed by atoms with E-state index in [0.717, 1.165) is 30.4 Å². The Morgan fingerprint density at radius 1 is 1.21 bits per heavy atom. The van der Waals surface area contributed by atoms with Gasteiger partial charge in [-0.3, -0.25) is 14.9 Å². The molecule has 1 unspecified atom stereocenters. The van der Waals surface area contributed by atoms with Crippen molar-refractivity contribution in [3.63, 3.8) is 0 Å². The van der Waals surface area contributed by atoms with Crippen LogP contribution >= 0.6 is 0 Å². The number of aromatic nitrogens is 4. The molecule has 1 N–H and O–H groups in total. The SMILES string of the molecule is Cc1cc(C)n(-c2ccc(N3CCCC(C(=O)Nc4ccc([N+](=O)[O-])cc4C#N)C3)nn2)n1. The number of rotatable bonds is 5. The highest BCUT2D eigenvalue weighted by Gasteiger charge is 2.27. The van der Waals surface area contributed by atoms with Gasteiger partial charge in [0.2, 0.25) is 5.91 Å². The van der Waals surface area contributed by atoms with Gasteiger partial charge in [0.1, 0.15) is 6.07 Å². The maximum Gasteiger partial charge on any atom is 0.270 e. The summed E-state index contributed by atoms with van der Waals surface area (Å²) in [6.45, 7) is 5.07. The minimum atomic E-state index is -0.577. The molecule has 3 aromatic rings. The summed E-state index contributed by atoms with van der Waals surface area (Å²) in [4.78, 5) is 25.2. The fourth-order valence-corrected chi connectivity index (χ4v) is 3.94. The number of nitrogens with zero attached hydrogens (tertiary/aromatic N) is 7. The van der Waals surface area contributed by atoms with Crippen LogP contribution in [-0.2, 0) is 4.79 Å². The largest absolute Gasteiger partial charge is 0.354 e. The van der Waals surface area contributed by atoms with Crippen LogP contribution in [0.2, 0.25) is 0 Å². The fourth-order valence-electron chi connectivity index (χ4n) is 3.94. The number of hydrogen-bond donors (Lipinski definition) is 1. The number of nitriles is 1. The molecule has 168 valence electrons. The molecule has 0 spiro atoms. The maximum absolute atomic E-state index is 12.9. The van der Waals surface area contributed by atoms with Crippen LogP contribution in [0.15, 0.2) is 36.4 Å². The lowest BCUT2D eigenvalue weighted by Crippen LogP contribution is -2.41. The molecule has 4 rings (SSSR count). The van der Waals surface area contributed by atoms with Crippen LogP contribution in [0.4, 0.5) is 17.2 Å². The van der Waals surface area contributed by atoms with Crippen molar-refractivity contribution in [1.29, 1.82) is 5.26 Å². The zero-order valence-corrected chi connectivity index (χ0v) is 18.2. The minimum Gasteiger partial charge on any atom is -0.354 e. The first-order valence-corrected chi connectivity index (χ1v) is 10.5. The quantitative estimate of drug-likeness (QED) is 0.465. The average Bonchev–Trinajstić information content (AvgIpc) is 3.17. The monoisotopic (exact) mass is 446 g/mol. The number of anilines is 2. The molecule has 0 aliphatic carbocycles. The van der Waals surface area contributed by atoms with Gasteiger partial charge in [0.15, 0.2) is 11.6 Å². The number of hydrogen-bond acceptors (Lipinski definition) is 8. The van der Waals surface area contributed by atoms with E-state index >= 15 is 0 Å². The number of piperidine rings is 1. The minimum absolute atomic E-state index is 0.0517. The van der Waals surface area contributed by atoms with Gasteiger partial charge in [-0.15, -0.1) is 10.2 Å². The van der Waals surface area contributed by atoms with Crippen LogP contribution in [0.25, 0.3) is 5.82 Å². The zero-order chi connectivity index (χ0) is 23.5. The number of nitrogens with one attached hydrogen (secondary N) is 1. The van der Waals surface area contributed by atoms with Gasteiger partial charge in [-0.25, -0.2) is 4.68 Å². The molecule has 0 bridgehead atoms.